The third kappa shape index (κ3) is 4.47. The zero-order valence-corrected chi connectivity index (χ0v) is 12.7. The molecule has 1 N–H and O–H groups in total. The van der Waals surface area contributed by atoms with Gasteiger partial charge in [-0.15, -0.1) is 11.6 Å². The summed E-state index contributed by atoms with van der Waals surface area (Å²) in [4.78, 5) is 0.0930. The Hall–Kier alpha value is -0.600. The summed E-state index contributed by atoms with van der Waals surface area (Å²) in [6, 6.07) is 1.42. The Morgan fingerprint density at radius 1 is 1.47 bits per heavy atom. The predicted molar refractivity (Wildman–Crippen MR) is 70.9 cm³/mol. The van der Waals surface area contributed by atoms with Crippen molar-refractivity contribution in [2.45, 2.75) is 23.8 Å². The molecule has 0 saturated heterocycles. The first-order valence-electron chi connectivity index (χ1n) is 5.61. The number of halogens is 1. The van der Waals surface area contributed by atoms with Crippen LogP contribution >= 0.6 is 11.6 Å². The van der Waals surface area contributed by atoms with Crippen LogP contribution in [0, 0.1) is 6.92 Å². The van der Waals surface area contributed by atoms with E-state index in [1.165, 1.54) is 20.3 Å². The van der Waals surface area contributed by atoms with E-state index in [1.807, 2.05) is 0 Å². The summed E-state index contributed by atoms with van der Waals surface area (Å²) < 4.78 is 41.9. The monoisotopic (exact) mass is 311 g/mol. The average Bonchev–Trinajstić information content (AvgIpc) is 2.76. The van der Waals surface area contributed by atoms with E-state index in [2.05, 4.69) is 4.72 Å². The highest BCUT2D eigenvalue weighted by Gasteiger charge is 2.22. The number of rotatable bonds is 8. The van der Waals surface area contributed by atoms with E-state index in [9.17, 15) is 8.42 Å². The van der Waals surface area contributed by atoms with Crippen molar-refractivity contribution in [1.82, 2.24) is 4.72 Å². The van der Waals surface area contributed by atoms with Crippen LogP contribution < -0.4 is 4.72 Å². The number of sulfonamides is 1. The number of hydrogen-bond acceptors (Lipinski definition) is 5. The number of aryl methyl sites for hydroxylation is 1. The van der Waals surface area contributed by atoms with Gasteiger partial charge < -0.3 is 13.9 Å². The lowest BCUT2D eigenvalue weighted by Crippen LogP contribution is -2.35. The maximum atomic E-state index is 12.1. The van der Waals surface area contributed by atoms with Crippen LogP contribution in [0.3, 0.4) is 0 Å². The van der Waals surface area contributed by atoms with Gasteiger partial charge in [0.05, 0.1) is 18.6 Å². The largest absolute Gasteiger partial charge is 0.464 e. The van der Waals surface area contributed by atoms with Crippen molar-refractivity contribution in [2.75, 3.05) is 27.4 Å². The van der Waals surface area contributed by atoms with Gasteiger partial charge in [-0.25, -0.2) is 13.1 Å². The van der Waals surface area contributed by atoms with Crippen LogP contribution in [0.25, 0.3) is 0 Å². The van der Waals surface area contributed by atoms with E-state index in [1.54, 1.807) is 6.92 Å². The maximum absolute atomic E-state index is 12.1. The number of hydrogen-bond donors (Lipinski definition) is 1. The average molecular weight is 312 g/mol. The minimum absolute atomic E-state index is 0.0930. The van der Waals surface area contributed by atoms with Gasteiger partial charge in [-0.1, -0.05) is 0 Å². The van der Waals surface area contributed by atoms with Gasteiger partial charge in [-0.2, -0.15) is 0 Å². The number of furan rings is 1. The number of alkyl halides is 1. The molecule has 1 rings (SSSR count). The number of methoxy groups -OCH3 is 2. The summed E-state index contributed by atoms with van der Waals surface area (Å²) in [5.41, 5.74) is 0. The minimum atomic E-state index is -3.64. The molecule has 8 heteroatoms. The van der Waals surface area contributed by atoms with Crippen molar-refractivity contribution in [3.8, 4) is 0 Å². The zero-order valence-electron chi connectivity index (χ0n) is 11.1. The van der Waals surface area contributed by atoms with Crippen LogP contribution in [0.5, 0.6) is 0 Å². The summed E-state index contributed by atoms with van der Waals surface area (Å²) >= 11 is 5.61. The van der Waals surface area contributed by atoms with Crippen molar-refractivity contribution in [3.63, 3.8) is 0 Å². The molecule has 6 nitrogen and oxygen atoms in total. The highest BCUT2D eigenvalue weighted by atomic mass is 35.5. The number of ether oxygens (including phenoxy) is 2. The molecule has 1 atom stereocenters. The van der Waals surface area contributed by atoms with Crippen LogP contribution in [0.15, 0.2) is 15.4 Å². The van der Waals surface area contributed by atoms with Gasteiger partial charge in [0.25, 0.3) is 0 Å². The molecule has 0 aliphatic rings. The molecule has 0 spiro atoms. The fourth-order valence-electron chi connectivity index (χ4n) is 1.53. The van der Waals surface area contributed by atoms with Crippen LogP contribution in [0.1, 0.15) is 11.5 Å². The van der Waals surface area contributed by atoms with E-state index in [0.717, 1.165) is 0 Å². The Morgan fingerprint density at radius 2 is 2.16 bits per heavy atom. The van der Waals surface area contributed by atoms with Crippen molar-refractivity contribution < 1.29 is 22.3 Å². The molecule has 110 valence electrons. The molecule has 0 radical (unpaired) electrons. The third-order valence-electron chi connectivity index (χ3n) is 2.53. The van der Waals surface area contributed by atoms with E-state index in [0.29, 0.717) is 18.1 Å². The molecule has 19 heavy (non-hydrogen) atoms. The molecular weight excluding hydrogens is 294 g/mol. The molecule has 1 aromatic heterocycles. The lowest BCUT2D eigenvalue weighted by molar-refractivity contribution is 0.0320. The minimum Gasteiger partial charge on any atom is -0.464 e. The van der Waals surface area contributed by atoms with E-state index in [4.69, 9.17) is 25.5 Å². The zero-order chi connectivity index (χ0) is 14.5. The molecule has 0 saturated carbocycles. The van der Waals surface area contributed by atoms with Gasteiger partial charge in [0.2, 0.25) is 10.0 Å². The molecular formula is C11H18ClNO5S. The summed E-state index contributed by atoms with van der Waals surface area (Å²) in [6.07, 6.45) is -0.348. The Kier molecular flexibility index (Phi) is 6.28. The predicted octanol–water partition coefficient (Wildman–Crippen LogP) is 1.27. The van der Waals surface area contributed by atoms with Crippen molar-refractivity contribution in [3.05, 3.63) is 17.6 Å². The van der Waals surface area contributed by atoms with Crippen molar-refractivity contribution in [2.24, 2.45) is 0 Å². The van der Waals surface area contributed by atoms with Gasteiger partial charge in [0.15, 0.2) is 0 Å². The Labute approximate surface area is 118 Å². The summed E-state index contributed by atoms with van der Waals surface area (Å²) in [5.74, 6) is 0.851. The number of nitrogens with one attached hydrogen (secondary N) is 1. The van der Waals surface area contributed by atoms with Crippen LogP contribution in [-0.2, 0) is 25.4 Å². The molecule has 0 bridgehead atoms. The molecule has 1 heterocycles. The topological polar surface area (TPSA) is 77.8 Å². The van der Waals surface area contributed by atoms with Crippen molar-refractivity contribution >= 4 is 21.6 Å². The second kappa shape index (κ2) is 7.25. The normalized spacial score (nSPS) is 13.7. The maximum Gasteiger partial charge on any atom is 0.244 e. The standard InChI is InChI=1S/C11H18ClNO5S/c1-8-11(4-9(5-12)18-8)19(14,15)13-6-10(17-3)7-16-2/h4,10,13H,5-7H2,1-3H3. The molecule has 1 unspecified atom stereocenters. The first kappa shape index (κ1) is 16.5. The van der Waals surface area contributed by atoms with Crippen molar-refractivity contribution in [1.29, 1.82) is 0 Å². The van der Waals surface area contributed by atoms with Gasteiger partial charge in [-0.3, -0.25) is 0 Å². The molecule has 0 aliphatic carbocycles. The lowest BCUT2D eigenvalue weighted by atomic mass is 10.4. The molecule has 0 amide bonds. The first-order valence-corrected chi connectivity index (χ1v) is 7.63. The Bertz CT molecular complexity index is 499. The van der Waals surface area contributed by atoms with E-state index >= 15 is 0 Å². The van der Waals surface area contributed by atoms with Gasteiger partial charge in [0.1, 0.15) is 16.4 Å². The van der Waals surface area contributed by atoms with Gasteiger partial charge in [0, 0.05) is 26.8 Å². The van der Waals surface area contributed by atoms with E-state index < -0.39 is 10.0 Å². The van der Waals surface area contributed by atoms with Crippen LogP contribution in [-0.4, -0.2) is 41.9 Å². The lowest BCUT2D eigenvalue weighted by Gasteiger charge is -2.14. The fraction of sp³-hybridized carbons (Fsp3) is 0.636. The molecule has 0 aliphatic heterocycles. The highest BCUT2D eigenvalue weighted by molar-refractivity contribution is 7.89. The highest BCUT2D eigenvalue weighted by Crippen LogP contribution is 2.20. The van der Waals surface area contributed by atoms with E-state index in [-0.39, 0.29) is 23.4 Å². The quantitative estimate of drug-likeness (QED) is 0.731. The van der Waals surface area contributed by atoms with Crippen LogP contribution in [0.2, 0.25) is 0 Å². The summed E-state index contributed by atoms with van der Waals surface area (Å²) in [7, 11) is -0.628. The van der Waals surface area contributed by atoms with Crippen LogP contribution in [0.4, 0.5) is 0 Å². The SMILES string of the molecule is COCC(CNS(=O)(=O)c1cc(CCl)oc1C)OC. The third-order valence-corrected chi connectivity index (χ3v) is 4.33. The summed E-state index contributed by atoms with van der Waals surface area (Å²) in [5, 5.41) is 0. The smallest absolute Gasteiger partial charge is 0.244 e. The second-order valence-electron chi connectivity index (χ2n) is 3.93. The second-order valence-corrected chi connectivity index (χ2v) is 5.93. The molecule has 0 fully saturated rings. The fourth-order valence-corrected chi connectivity index (χ4v) is 2.93. The van der Waals surface area contributed by atoms with Gasteiger partial charge in [-0.05, 0) is 6.92 Å². The molecule has 1 aromatic rings. The first-order chi connectivity index (χ1) is 8.94. The summed E-state index contributed by atoms with van der Waals surface area (Å²) in [6.45, 7) is 2.00. The Morgan fingerprint density at radius 3 is 2.63 bits per heavy atom. The Balaban J connectivity index is 2.77. The van der Waals surface area contributed by atoms with Gasteiger partial charge >= 0.3 is 0 Å². The molecule has 0 aromatic carbocycles.